The lowest BCUT2D eigenvalue weighted by molar-refractivity contribution is -0.384. The fourth-order valence-electron chi connectivity index (χ4n) is 6.93. The van der Waals surface area contributed by atoms with Crippen molar-refractivity contribution in [2.45, 2.75) is 44.1 Å². The predicted molar refractivity (Wildman–Crippen MR) is 128 cm³/mol. The van der Waals surface area contributed by atoms with E-state index in [9.17, 15) is 14.9 Å². The molecule has 4 fully saturated rings. The smallest absolute Gasteiger partial charge is 0.275 e. The summed E-state index contributed by atoms with van der Waals surface area (Å²) >= 11 is 6.03. The van der Waals surface area contributed by atoms with Crippen molar-refractivity contribution in [3.8, 4) is 11.5 Å². The minimum Gasteiger partial charge on any atom is -0.457 e. The lowest BCUT2D eigenvalue weighted by Gasteiger charge is -2.60. The van der Waals surface area contributed by atoms with Crippen LogP contribution < -0.4 is 10.1 Å². The number of rotatable bonds is 6. The molecule has 2 aromatic carbocycles. The Bertz CT molecular complexity index is 1300. The standard InChI is InChI=1S/C25H24ClN5O4/c26-23-27-15-30(29-23)25-12-16-6-17(13-25)11-24(10-16,14-25)22(32)28-18-7-19(31(33)34)9-21(8-18)35-20-4-2-1-3-5-20/h1-5,7-9,15-17H,6,10-14H2,(H,28,32)/t16-,17-,24?,25?/m0/s1. The fourth-order valence-corrected chi connectivity index (χ4v) is 7.05. The Morgan fingerprint density at radius 3 is 2.51 bits per heavy atom. The minimum atomic E-state index is -0.562. The normalized spacial score (nSPS) is 28.6. The van der Waals surface area contributed by atoms with Gasteiger partial charge in [0.1, 0.15) is 17.8 Å². The molecule has 35 heavy (non-hydrogen) atoms. The van der Waals surface area contributed by atoms with Gasteiger partial charge >= 0.3 is 0 Å². The largest absolute Gasteiger partial charge is 0.457 e. The molecule has 1 heterocycles. The zero-order valence-corrected chi connectivity index (χ0v) is 19.6. The number of para-hydroxylation sites is 1. The highest BCUT2D eigenvalue weighted by Crippen LogP contribution is 2.64. The van der Waals surface area contributed by atoms with Gasteiger partial charge < -0.3 is 10.1 Å². The number of anilines is 1. The quantitative estimate of drug-likeness (QED) is 0.355. The molecule has 4 aliphatic rings. The van der Waals surface area contributed by atoms with Crippen LogP contribution in [0.4, 0.5) is 11.4 Å². The first-order chi connectivity index (χ1) is 16.8. The minimum absolute atomic E-state index is 0.103. The Hall–Kier alpha value is -3.46. The highest BCUT2D eigenvalue weighted by atomic mass is 35.5. The van der Waals surface area contributed by atoms with Gasteiger partial charge in [-0.1, -0.05) is 18.2 Å². The van der Waals surface area contributed by atoms with Crippen LogP contribution in [0, 0.1) is 27.4 Å². The number of aromatic nitrogens is 3. The molecule has 1 aromatic heterocycles. The van der Waals surface area contributed by atoms with Gasteiger partial charge in [-0.15, -0.1) is 5.10 Å². The number of nitro groups is 1. The van der Waals surface area contributed by atoms with Crippen molar-refractivity contribution < 1.29 is 14.5 Å². The summed E-state index contributed by atoms with van der Waals surface area (Å²) in [7, 11) is 0. The van der Waals surface area contributed by atoms with Crippen LogP contribution in [0.25, 0.3) is 0 Å². The Kier molecular flexibility index (Phi) is 5.07. The first-order valence-electron chi connectivity index (χ1n) is 11.7. The molecular weight excluding hydrogens is 470 g/mol. The van der Waals surface area contributed by atoms with Crippen molar-refractivity contribution in [3.63, 3.8) is 0 Å². The van der Waals surface area contributed by atoms with Gasteiger partial charge in [-0.3, -0.25) is 14.9 Å². The molecule has 0 spiro atoms. The summed E-state index contributed by atoms with van der Waals surface area (Å²) in [6, 6.07) is 13.4. The summed E-state index contributed by atoms with van der Waals surface area (Å²) in [4.78, 5) is 29.0. The zero-order chi connectivity index (χ0) is 24.2. The van der Waals surface area contributed by atoms with E-state index in [0.29, 0.717) is 35.4 Å². The van der Waals surface area contributed by atoms with Crippen LogP contribution in [-0.2, 0) is 10.3 Å². The Balaban J connectivity index is 1.30. The molecular formula is C25H24ClN5O4. The molecule has 0 aliphatic heterocycles. The summed E-state index contributed by atoms with van der Waals surface area (Å²) in [5, 5.41) is 19.2. The summed E-state index contributed by atoms with van der Waals surface area (Å²) in [5.74, 6) is 1.59. The average Bonchev–Trinajstić information content (AvgIpc) is 3.26. The van der Waals surface area contributed by atoms with E-state index in [1.165, 1.54) is 12.1 Å². The molecule has 4 aliphatic carbocycles. The molecule has 9 nitrogen and oxygen atoms in total. The van der Waals surface area contributed by atoms with Crippen LogP contribution in [0.2, 0.25) is 5.28 Å². The number of nitro benzene ring substituents is 1. The molecule has 0 unspecified atom stereocenters. The van der Waals surface area contributed by atoms with E-state index in [0.717, 1.165) is 32.1 Å². The Labute approximate surface area is 206 Å². The van der Waals surface area contributed by atoms with Crippen LogP contribution in [0.5, 0.6) is 11.5 Å². The zero-order valence-electron chi connectivity index (χ0n) is 18.9. The highest BCUT2D eigenvalue weighted by Gasteiger charge is 2.61. The third kappa shape index (κ3) is 3.93. The van der Waals surface area contributed by atoms with E-state index < -0.39 is 10.3 Å². The van der Waals surface area contributed by atoms with Gasteiger partial charge in [0, 0.05) is 12.1 Å². The molecule has 0 radical (unpaired) electrons. The average molecular weight is 494 g/mol. The van der Waals surface area contributed by atoms with E-state index in [2.05, 4.69) is 15.4 Å². The maximum atomic E-state index is 13.8. The second-order valence-corrected chi connectivity index (χ2v) is 10.6. The maximum Gasteiger partial charge on any atom is 0.275 e. The van der Waals surface area contributed by atoms with Gasteiger partial charge in [0.05, 0.1) is 27.6 Å². The predicted octanol–water partition coefficient (Wildman–Crippen LogP) is 5.57. The number of halogens is 1. The van der Waals surface area contributed by atoms with E-state index in [-0.39, 0.29) is 22.4 Å². The lowest BCUT2D eigenvalue weighted by Crippen LogP contribution is -2.60. The van der Waals surface area contributed by atoms with Gasteiger partial charge in [0.2, 0.25) is 11.2 Å². The molecule has 4 bridgehead atoms. The number of non-ortho nitro benzene ring substituents is 1. The van der Waals surface area contributed by atoms with Gasteiger partial charge in [0.15, 0.2) is 0 Å². The van der Waals surface area contributed by atoms with E-state index in [1.54, 1.807) is 24.5 Å². The summed E-state index contributed by atoms with van der Waals surface area (Å²) in [6.45, 7) is 0. The molecule has 10 heteroatoms. The van der Waals surface area contributed by atoms with Crippen molar-refractivity contribution in [2.75, 3.05) is 5.32 Å². The summed E-state index contributed by atoms with van der Waals surface area (Å²) < 4.78 is 7.70. The van der Waals surface area contributed by atoms with Gasteiger partial charge in [-0.2, -0.15) is 0 Å². The monoisotopic (exact) mass is 493 g/mol. The van der Waals surface area contributed by atoms with Crippen LogP contribution >= 0.6 is 11.6 Å². The van der Waals surface area contributed by atoms with Crippen molar-refractivity contribution >= 4 is 28.9 Å². The van der Waals surface area contributed by atoms with Gasteiger partial charge in [-0.05, 0) is 74.1 Å². The summed E-state index contributed by atoms with van der Waals surface area (Å²) in [5.41, 5.74) is -0.629. The number of nitrogens with zero attached hydrogens (tertiary/aromatic N) is 4. The molecule has 180 valence electrons. The number of carbonyl (C=O) groups is 1. The van der Waals surface area contributed by atoms with E-state index >= 15 is 0 Å². The molecule has 4 saturated carbocycles. The molecule has 2 atom stereocenters. The number of ether oxygens (including phenoxy) is 1. The van der Waals surface area contributed by atoms with Crippen LogP contribution in [0.3, 0.4) is 0 Å². The fraction of sp³-hybridized carbons (Fsp3) is 0.400. The number of nitrogens with one attached hydrogen (secondary N) is 1. The van der Waals surface area contributed by atoms with Crippen molar-refractivity contribution in [3.05, 3.63) is 70.3 Å². The first-order valence-corrected chi connectivity index (χ1v) is 12.1. The van der Waals surface area contributed by atoms with Crippen LogP contribution in [0.15, 0.2) is 54.9 Å². The number of hydrogen-bond acceptors (Lipinski definition) is 6. The third-order valence-electron chi connectivity index (χ3n) is 7.80. The molecule has 7 rings (SSSR count). The van der Waals surface area contributed by atoms with Crippen molar-refractivity contribution in [2.24, 2.45) is 17.3 Å². The Morgan fingerprint density at radius 1 is 1.11 bits per heavy atom. The molecule has 0 saturated heterocycles. The van der Waals surface area contributed by atoms with Crippen molar-refractivity contribution in [1.82, 2.24) is 14.8 Å². The Morgan fingerprint density at radius 2 is 1.86 bits per heavy atom. The molecule has 1 amide bonds. The highest BCUT2D eigenvalue weighted by molar-refractivity contribution is 6.28. The SMILES string of the molecule is O=C(Nc1cc(Oc2ccccc2)cc([N+](=O)[O-])c1)C12C[C@@H]3C[C@@H](C1)CC(n1cnc(Cl)n1)(C3)C2. The van der Waals surface area contributed by atoms with Crippen molar-refractivity contribution in [1.29, 1.82) is 0 Å². The number of hydrogen-bond donors (Lipinski definition) is 1. The second kappa shape index (κ2) is 8.05. The van der Waals surface area contributed by atoms with E-state index in [1.807, 2.05) is 22.9 Å². The molecule has 3 aromatic rings. The topological polar surface area (TPSA) is 112 Å². The van der Waals surface area contributed by atoms with Crippen LogP contribution in [0.1, 0.15) is 38.5 Å². The van der Waals surface area contributed by atoms with E-state index in [4.69, 9.17) is 16.3 Å². The number of benzene rings is 2. The second-order valence-electron chi connectivity index (χ2n) is 10.3. The number of amides is 1. The third-order valence-corrected chi connectivity index (χ3v) is 7.97. The lowest BCUT2D eigenvalue weighted by atomic mass is 9.46. The molecule has 1 N–H and O–H groups in total. The first kappa shape index (κ1) is 22.0. The van der Waals surface area contributed by atoms with Gasteiger partial charge in [-0.25, -0.2) is 9.67 Å². The summed E-state index contributed by atoms with van der Waals surface area (Å²) in [6.07, 6.45) is 6.98. The van der Waals surface area contributed by atoms with Gasteiger partial charge in [0.25, 0.3) is 5.69 Å². The maximum absolute atomic E-state index is 13.8. The van der Waals surface area contributed by atoms with Crippen LogP contribution in [-0.4, -0.2) is 25.6 Å². The number of carbonyl (C=O) groups excluding carboxylic acids is 1.